The van der Waals surface area contributed by atoms with Crippen molar-refractivity contribution >= 4 is 56.3 Å². The molecule has 1 atom stereocenters. The maximum absolute atomic E-state index is 12.7. The largest absolute Gasteiger partial charge is 0.491 e. The van der Waals surface area contributed by atoms with Crippen LogP contribution in [0.3, 0.4) is 0 Å². The number of benzene rings is 4. The minimum atomic E-state index is -0.326. The number of ether oxygens (including phenoxy) is 4. The van der Waals surface area contributed by atoms with Crippen LogP contribution in [0.2, 0.25) is 10.0 Å². The quantitative estimate of drug-likeness (QED) is 0.0795. The molecular formula is C39H39Cl2N5O5S. The van der Waals surface area contributed by atoms with Crippen molar-refractivity contribution in [3.8, 4) is 16.3 Å². The summed E-state index contributed by atoms with van der Waals surface area (Å²) in [7, 11) is 1.90. The van der Waals surface area contributed by atoms with Crippen LogP contribution >= 0.6 is 34.5 Å². The van der Waals surface area contributed by atoms with Crippen molar-refractivity contribution in [2.45, 2.75) is 19.3 Å². The summed E-state index contributed by atoms with van der Waals surface area (Å²) in [5.41, 5.74) is 5.41. The summed E-state index contributed by atoms with van der Waals surface area (Å²) < 4.78 is 26.4. The van der Waals surface area contributed by atoms with Crippen LogP contribution < -0.4 is 15.4 Å². The third-order valence-corrected chi connectivity index (χ3v) is 9.72. The van der Waals surface area contributed by atoms with Gasteiger partial charge in [-0.15, -0.1) is 11.3 Å². The molecule has 0 aliphatic carbocycles. The summed E-state index contributed by atoms with van der Waals surface area (Å²) in [6.07, 6.45) is 5.00. The van der Waals surface area contributed by atoms with Gasteiger partial charge in [-0.25, -0.2) is 9.97 Å². The number of carbonyl (C=O) groups excluding carboxylic acids is 1. The van der Waals surface area contributed by atoms with E-state index in [4.69, 9.17) is 47.1 Å². The second-order valence-electron chi connectivity index (χ2n) is 11.7. The molecule has 1 amide bonds. The lowest BCUT2D eigenvalue weighted by atomic mass is 10.1. The molecule has 1 unspecified atom stereocenters. The van der Waals surface area contributed by atoms with Crippen molar-refractivity contribution in [2.75, 3.05) is 51.9 Å². The number of fused-ring (bicyclic) bond motifs is 1. The monoisotopic (exact) mass is 759 g/mol. The van der Waals surface area contributed by atoms with E-state index >= 15 is 0 Å². The molecule has 52 heavy (non-hydrogen) atoms. The SMILES string of the molecule is CNc1ccc(-c2nc3ccc(OCCOCCOCCNC(=O)c4ccc(COC(Cn5ccnc5)c5ccc(Cl)cc5Cl)cc4)cc3s2)cc1. The van der Waals surface area contributed by atoms with Crippen molar-refractivity contribution in [2.24, 2.45) is 0 Å². The highest BCUT2D eigenvalue weighted by Crippen LogP contribution is 2.33. The highest BCUT2D eigenvalue weighted by Gasteiger charge is 2.17. The van der Waals surface area contributed by atoms with E-state index < -0.39 is 0 Å². The number of amides is 1. The molecule has 0 aliphatic heterocycles. The average Bonchev–Trinajstić information content (AvgIpc) is 3.84. The van der Waals surface area contributed by atoms with Gasteiger partial charge in [0.15, 0.2) is 0 Å². The number of nitrogens with one attached hydrogen (secondary N) is 2. The third-order valence-electron chi connectivity index (χ3n) is 8.09. The second-order valence-corrected chi connectivity index (χ2v) is 13.6. The average molecular weight is 761 g/mol. The smallest absolute Gasteiger partial charge is 0.251 e. The fourth-order valence-electron chi connectivity index (χ4n) is 5.32. The zero-order chi connectivity index (χ0) is 36.1. The van der Waals surface area contributed by atoms with Gasteiger partial charge in [0.25, 0.3) is 5.91 Å². The normalized spacial score (nSPS) is 11.8. The lowest BCUT2D eigenvalue weighted by Crippen LogP contribution is -2.27. The van der Waals surface area contributed by atoms with E-state index in [1.165, 1.54) is 0 Å². The Morgan fingerprint density at radius 3 is 2.44 bits per heavy atom. The zero-order valence-corrected chi connectivity index (χ0v) is 30.9. The summed E-state index contributed by atoms with van der Waals surface area (Å²) in [5.74, 6) is 0.605. The van der Waals surface area contributed by atoms with Crippen LogP contribution in [0.15, 0.2) is 104 Å². The molecular weight excluding hydrogens is 721 g/mol. The number of halogens is 2. The highest BCUT2D eigenvalue weighted by atomic mass is 35.5. The van der Waals surface area contributed by atoms with Crippen LogP contribution in [-0.4, -0.2) is 67.1 Å². The van der Waals surface area contributed by atoms with E-state index in [1.54, 1.807) is 48.1 Å². The van der Waals surface area contributed by atoms with E-state index in [9.17, 15) is 4.79 Å². The van der Waals surface area contributed by atoms with Gasteiger partial charge < -0.3 is 34.1 Å². The first-order valence-corrected chi connectivity index (χ1v) is 18.4. The Bertz CT molecular complexity index is 2020. The number of anilines is 1. The number of aromatic nitrogens is 3. The summed E-state index contributed by atoms with van der Waals surface area (Å²) in [6.45, 7) is 3.32. The molecule has 270 valence electrons. The maximum Gasteiger partial charge on any atom is 0.251 e. The van der Waals surface area contributed by atoms with Crippen LogP contribution in [0.5, 0.6) is 5.75 Å². The first kappa shape index (κ1) is 37.3. The molecule has 0 saturated heterocycles. The Morgan fingerprint density at radius 2 is 1.69 bits per heavy atom. The first-order chi connectivity index (χ1) is 25.4. The van der Waals surface area contributed by atoms with Gasteiger partial charge in [-0.2, -0.15) is 0 Å². The van der Waals surface area contributed by atoms with Gasteiger partial charge in [0.05, 0.1) is 56.1 Å². The van der Waals surface area contributed by atoms with Gasteiger partial charge in [0.1, 0.15) is 23.5 Å². The first-order valence-electron chi connectivity index (χ1n) is 16.8. The molecule has 0 spiro atoms. The van der Waals surface area contributed by atoms with Crippen LogP contribution in [-0.2, 0) is 27.4 Å². The van der Waals surface area contributed by atoms with Crippen molar-refractivity contribution < 1.29 is 23.7 Å². The number of imidazole rings is 1. The molecule has 2 aromatic heterocycles. The van der Waals surface area contributed by atoms with E-state index in [2.05, 4.69) is 27.8 Å². The summed E-state index contributed by atoms with van der Waals surface area (Å²) >= 11 is 14.2. The fourth-order valence-corrected chi connectivity index (χ4v) is 6.85. The van der Waals surface area contributed by atoms with Crippen LogP contribution in [0.4, 0.5) is 5.69 Å². The lowest BCUT2D eigenvalue weighted by molar-refractivity contribution is 0.0280. The molecule has 2 N–H and O–H groups in total. The number of hydrogen-bond acceptors (Lipinski definition) is 9. The second kappa shape index (κ2) is 18.8. The molecule has 6 rings (SSSR count). The minimum absolute atomic E-state index is 0.175. The number of nitrogens with zero attached hydrogens (tertiary/aromatic N) is 3. The standard InChI is InChI=1S/C39H39Cl2N5O5S/c1-42-31-9-6-29(7-10-31)39-45-35-13-11-32(23-37(35)52-39)50-21-20-49-19-18-48-17-15-44-38(47)28-4-2-27(3-5-28)25-51-36(24-46-16-14-43-26-46)33-12-8-30(40)22-34(33)41/h2-14,16,22-23,26,36,42H,15,17-21,24-25H2,1H3,(H,44,47). The molecule has 0 radical (unpaired) electrons. The van der Waals surface area contributed by atoms with E-state index in [0.717, 1.165) is 43.4 Å². The van der Waals surface area contributed by atoms with E-state index in [1.807, 2.05) is 66.3 Å². The number of carbonyl (C=O) groups is 1. The van der Waals surface area contributed by atoms with Crippen molar-refractivity contribution in [3.05, 3.63) is 130 Å². The Labute approximate surface area is 316 Å². The topological polar surface area (TPSA) is 109 Å². The predicted molar refractivity (Wildman–Crippen MR) is 207 cm³/mol. The van der Waals surface area contributed by atoms with Gasteiger partial charge in [0.2, 0.25) is 0 Å². The minimum Gasteiger partial charge on any atom is -0.491 e. The molecule has 2 heterocycles. The van der Waals surface area contributed by atoms with Crippen molar-refractivity contribution in [3.63, 3.8) is 0 Å². The van der Waals surface area contributed by atoms with Gasteiger partial charge in [0, 0.05) is 58.4 Å². The Hall–Kier alpha value is -4.49. The van der Waals surface area contributed by atoms with Crippen LogP contribution in [0.1, 0.15) is 27.6 Å². The molecule has 10 nitrogen and oxygen atoms in total. The molecule has 13 heteroatoms. The van der Waals surface area contributed by atoms with Crippen molar-refractivity contribution in [1.82, 2.24) is 19.9 Å². The van der Waals surface area contributed by atoms with Gasteiger partial charge in [-0.1, -0.05) is 41.4 Å². The summed E-state index contributed by atoms with van der Waals surface area (Å²) in [4.78, 5) is 21.5. The van der Waals surface area contributed by atoms with E-state index in [-0.39, 0.29) is 12.0 Å². The fraction of sp³-hybridized carbons (Fsp3) is 0.256. The molecule has 0 bridgehead atoms. The Kier molecular flexibility index (Phi) is 13.5. The maximum atomic E-state index is 12.7. The molecule has 0 saturated carbocycles. The highest BCUT2D eigenvalue weighted by molar-refractivity contribution is 7.21. The number of thiazole rings is 1. The molecule has 0 aliphatic rings. The van der Waals surface area contributed by atoms with Gasteiger partial charge >= 0.3 is 0 Å². The Balaban J connectivity index is 0.843. The van der Waals surface area contributed by atoms with Crippen LogP contribution in [0, 0.1) is 0 Å². The summed E-state index contributed by atoms with van der Waals surface area (Å²) in [6, 6.07) is 26.8. The van der Waals surface area contributed by atoms with Gasteiger partial charge in [-0.05, 0) is 72.3 Å². The van der Waals surface area contributed by atoms with Crippen molar-refractivity contribution in [1.29, 1.82) is 0 Å². The molecule has 0 fully saturated rings. The Morgan fingerprint density at radius 1 is 0.904 bits per heavy atom. The zero-order valence-electron chi connectivity index (χ0n) is 28.6. The van der Waals surface area contributed by atoms with E-state index in [0.29, 0.717) is 68.3 Å². The van der Waals surface area contributed by atoms with Crippen LogP contribution in [0.25, 0.3) is 20.8 Å². The lowest BCUT2D eigenvalue weighted by Gasteiger charge is -2.20. The number of rotatable bonds is 19. The molecule has 4 aromatic carbocycles. The number of hydrogen-bond donors (Lipinski definition) is 2. The third kappa shape index (κ3) is 10.5. The molecule has 6 aromatic rings. The van der Waals surface area contributed by atoms with Gasteiger partial charge in [-0.3, -0.25) is 4.79 Å². The predicted octanol–water partition coefficient (Wildman–Crippen LogP) is 8.31. The summed E-state index contributed by atoms with van der Waals surface area (Å²) in [5, 5.41) is 8.09.